The highest BCUT2D eigenvalue weighted by Gasteiger charge is 2.09. The van der Waals surface area contributed by atoms with Gasteiger partial charge in [-0.15, -0.1) is 0 Å². The molecule has 0 spiro atoms. The van der Waals surface area contributed by atoms with E-state index < -0.39 is 5.97 Å². The number of nitrogens with zero attached hydrogens (tertiary/aromatic N) is 1. The first-order chi connectivity index (χ1) is 8.58. The zero-order valence-corrected chi connectivity index (χ0v) is 10.9. The van der Waals surface area contributed by atoms with Crippen molar-refractivity contribution in [1.82, 2.24) is 4.90 Å². The highest BCUT2D eigenvalue weighted by atomic mass is 16.4. The minimum Gasteiger partial charge on any atom is -0.478 e. The number of hydrogen-bond donors (Lipinski definition) is 3. The lowest BCUT2D eigenvalue weighted by Gasteiger charge is -2.19. The summed E-state index contributed by atoms with van der Waals surface area (Å²) in [5.41, 5.74) is 7.06. The smallest absolute Gasteiger partial charge is 0.337 e. The number of carbonyl (C=O) groups is 1. The van der Waals surface area contributed by atoms with Crippen molar-refractivity contribution in [1.29, 1.82) is 0 Å². The third-order valence-corrected chi connectivity index (χ3v) is 2.91. The molecule has 0 saturated heterocycles. The molecule has 1 aromatic carbocycles. The summed E-state index contributed by atoms with van der Waals surface area (Å²) >= 11 is 0. The van der Waals surface area contributed by atoms with E-state index in [4.69, 9.17) is 10.8 Å². The maximum Gasteiger partial charge on any atom is 0.337 e. The number of carboxylic acid groups (broad SMARTS) is 1. The van der Waals surface area contributed by atoms with Gasteiger partial charge in [0.1, 0.15) is 0 Å². The second-order valence-electron chi connectivity index (χ2n) is 4.06. The van der Waals surface area contributed by atoms with Crippen molar-refractivity contribution in [3.8, 4) is 0 Å². The van der Waals surface area contributed by atoms with Gasteiger partial charge in [0, 0.05) is 18.8 Å². The van der Waals surface area contributed by atoms with Gasteiger partial charge in [-0.3, -0.25) is 0 Å². The quantitative estimate of drug-likeness (QED) is 0.643. The van der Waals surface area contributed by atoms with E-state index in [1.165, 1.54) is 6.07 Å². The van der Waals surface area contributed by atoms with Gasteiger partial charge in [0.2, 0.25) is 0 Å². The molecule has 0 aliphatic rings. The summed E-state index contributed by atoms with van der Waals surface area (Å²) in [5, 5.41) is 12.2. The van der Waals surface area contributed by atoms with E-state index in [1.807, 2.05) is 0 Å². The van der Waals surface area contributed by atoms with Crippen molar-refractivity contribution >= 4 is 17.3 Å². The highest BCUT2D eigenvalue weighted by molar-refractivity contribution is 5.95. The van der Waals surface area contributed by atoms with E-state index in [0.29, 0.717) is 17.9 Å². The fraction of sp³-hybridized carbons (Fsp3) is 0.462. The zero-order valence-electron chi connectivity index (χ0n) is 10.9. The molecule has 1 aromatic rings. The molecule has 18 heavy (non-hydrogen) atoms. The lowest BCUT2D eigenvalue weighted by atomic mass is 10.1. The average Bonchev–Trinajstić information content (AvgIpc) is 2.34. The van der Waals surface area contributed by atoms with Crippen LogP contribution in [0.3, 0.4) is 0 Å². The second-order valence-corrected chi connectivity index (χ2v) is 4.06. The molecule has 0 radical (unpaired) electrons. The summed E-state index contributed by atoms with van der Waals surface area (Å²) in [5.74, 6) is -0.944. The van der Waals surface area contributed by atoms with Gasteiger partial charge in [-0.25, -0.2) is 4.79 Å². The van der Waals surface area contributed by atoms with Crippen LogP contribution in [-0.2, 0) is 0 Å². The second kappa shape index (κ2) is 6.86. The fourth-order valence-corrected chi connectivity index (χ4v) is 1.78. The number of nitrogen functional groups attached to an aromatic ring is 1. The first kappa shape index (κ1) is 14.3. The van der Waals surface area contributed by atoms with Gasteiger partial charge in [0.15, 0.2) is 0 Å². The van der Waals surface area contributed by atoms with Crippen molar-refractivity contribution in [2.75, 3.05) is 37.2 Å². The fourth-order valence-electron chi connectivity index (χ4n) is 1.78. The number of aromatic carboxylic acids is 1. The summed E-state index contributed by atoms with van der Waals surface area (Å²) in [6.07, 6.45) is 0. The number of anilines is 2. The molecule has 100 valence electrons. The Labute approximate surface area is 108 Å². The molecule has 0 aliphatic heterocycles. The van der Waals surface area contributed by atoms with Crippen molar-refractivity contribution in [3.05, 3.63) is 23.8 Å². The first-order valence-electron chi connectivity index (χ1n) is 6.17. The molecule has 1 rings (SSSR count). The van der Waals surface area contributed by atoms with Gasteiger partial charge in [-0.05, 0) is 31.3 Å². The SMILES string of the molecule is CCN(CC)CCNc1cc(N)ccc1C(=O)O. The predicted molar refractivity (Wildman–Crippen MR) is 74.1 cm³/mol. The standard InChI is InChI=1S/C13H21N3O2/c1-3-16(4-2)8-7-15-12-9-10(14)5-6-11(12)13(17)18/h5-6,9,15H,3-4,7-8,14H2,1-2H3,(H,17,18). The van der Waals surface area contributed by atoms with Crippen LogP contribution in [-0.4, -0.2) is 42.2 Å². The normalized spacial score (nSPS) is 10.6. The van der Waals surface area contributed by atoms with E-state index >= 15 is 0 Å². The van der Waals surface area contributed by atoms with Gasteiger partial charge in [0.25, 0.3) is 0 Å². The summed E-state index contributed by atoms with van der Waals surface area (Å²) < 4.78 is 0. The van der Waals surface area contributed by atoms with Crippen LogP contribution in [0.1, 0.15) is 24.2 Å². The van der Waals surface area contributed by atoms with Crippen LogP contribution in [0.2, 0.25) is 0 Å². The van der Waals surface area contributed by atoms with Crippen LogP contribution in [0.5, 0.6) is 0 Å². The molecule has 5 nitrogen and oxygen atoms in total. The van der Waals surface area contributed by atoms with Gasteiger partial charge >= 0.3 is 5.97 Å². The molecular formula is C13H21N3O2. The summed E-state index contributed by atoms with van der Waals surface area (Å²) in [4.78, 5) is 13.3. The van der Waals surface area contributed by atoms with Gasteiger partial charge in [-0.1, -0.05) is 13.8 Å². The molecule has 4 N–H and O–H groups in total. The number of hydrogen-bond acceptors (Lipinski definition) is 4. The maximum atomic E-state index is 11.1. The zero-order chi connectivity index (χ0) is 13.5. The van der Waals surface area contributed by atoms with Crippen LogP contribution >= 0.6 is 0 Å². The average molecular weight is 251 g/mol. The molecule has 0 unspecified atom stereocenters. The number of nitrogens with two attached hydrogens (primary N) is 1. The minimum atomic E-state index is -0.944. The molecule has 5 heteroatoms. The monoisotopic (exact) mass is 251 g/mol. The van der Waals surface area contributed by atoms with Gasteiger partial charge in [0.05, 0.1) is 11.3 Å². The maximum absolute atomic E-state index is 11.1. The number of rotatable bonds is 7. The predicted octanol–water partition coefficient (Wildman–Crippen LogP) is 1.72. The third kappa shape index (κ3) is 3.92. The van der Waals surface area contributed by atoms with Crippen LogP contribution < -0.4 is 11.1 Å². The van der Waals surface area contributed by atoms with Gasteiger partial charge in [-0.2, -0.15) is 0 Å². The number of nitrogens with one attached hydrogen (secondary N) is 1. The number of benzene rings is 1. The lowest BCUT2D eigenvalue weighted by molar-refractivity contribution is 0.0698. The molecule has 0 bridgehead atoms. The van der Waals surface area contributed by atoms with Gasteiger partial charge < -0.3 is 21.1 Å². The molecular weight excluding hydrogens is 230 g/mol. The molecule has 0 fully saturated rings. The summed E-state index contributed by atoms with van der Waals surface area (Å²) in [6.45, 7) is 7.76. The van der Waals surface area contributed by atoms with E-state index in [-0.39, 0.29) is 5.56 Å². The van der Waals surface area contributed by atoms with Crippen molar-refractivity contribution in [2.45, 2.75) is 13.8 Å². The van der Waals surface area contributed by atoms with Crippen LogP contribution in [0, 0.1) is 0 Å². The largest absolute Gasteiger partial charge is 0.478 e. The van der Waals surface area contributed by atoms with Crippen LogP contribution in [0.25, 0.3) is 0 Å². The van der Waals surface area contributed by atoms with E-state index in [0.717, 1.165) is 19.6 Å². The Bertz CT molecular complexity index is 403. The molecule has 0 saturated carbocycles. The van der Waals surface area contributed by atoms with Crippen LogP contribution in [0.4, 0.5) is 11.4 Å². The van der Waals surface area contributed by atoms with Crippen molar-refractivity contribution < 1.29 is 9.90 Å². The Morgan fingerprint density at radius 3 is 2.61 bits per heavy atom. The molecule has 0 atom stereocenters. The van der Waals surface area contributed by atoms with E-state index in [2.05, 4.69) is 24.1 Å². The Morgan fingerprint density at radius 1 is 1.39 bits per heavy atom. The lowest BCUT2D eigenvalue weighted by Crippen LogP contribution is -2.28. The molecule has 0 aliphatic carbocycles. The van der Waals surface area contributed by atoms with Crippen LogP contribution in [0.15, 0.2) is 18.2 Å². The Balaban J connectivity index is 2.66. The third-order valence-electron chi connectivity index (χ3n) is 2.91. The number of carboxylic acids is 1. The molecule has 0 heterocycles. The Hall–Kier alpha value is -1.75. The summed E-state index contributed by atoms with van der Waals surface area (Å²) in [7, 11) is 0. The first-order valence-corrected chi connectivity index (χ1v) is 6.17. The summed E-state index contributed by atoms with van der Waals surface area (Å²) in [6, 6.07) is 4.78. The van der Waals surface area contributed by atoms with E-state index in [9.17, 15) is 4.79 Å². The Morgan fingerprint density at radius 2 is 2.06 bits per heavy atom. The minimum absolute atomic E-state index is 0.253. The number of likely N-dealkylation sites (N-methyl/N-ethyl adjacent to an activating group) is 1. The van der Waals surface area contributed by atoms with Crippen molar-refractivity contribution in [3.63, 3.8) is 0 Å². The Kier molecular flexibility index (Phi) is 5.45. The highest BCUT2D eigenvalue weighted by Crippen LogP contribution is 2.19. The molecule has 0 amide bonds. The molecule has 0 aromatic heterocycles. The topological polar surface area (TPSA) is 78.6 Å². The van der Waals surface area contributed by atoms with Crippen molar-refractivity contribution in [2.24, 2.45) is 0 Å². The van der Waals surface area contributed by atoms with E-state index in [1.54, 1.807) is 12.1 Å².